The smallest absolute Gasteiger partial charge is 0.274 e. The first-order chi connectivity index (χ1) is 9.60. The van der Waals surface area contributed by atoms with Gasteiger partial charge in [-0.1, -0.05) is 12.1 Å². The van der Waals surface area contributed by atoms with E-state index in [9.17, 15) is 9.18 Å². The molecule has 1 aromatic carbocycles. The summed E-state index contributed by atoms with van der Waals surface area (Å²) in [7, 11) is 1.69. The van der Waals surface area contributed by atoms with Crippen LogP contribution in [0.15, 0.2) is 36.8 Å². The van der Waals surface area contributed by atoms with Crippen molar-refractivity contribution in [2.75, 3.05) is 13.6 Å². The topological polar surface area (TPSA) is 64.2 Å². The Bertz CT molecular complexity index is 579. The largest absolute Gasteiger partial charge is 0.336 e. The van der Waals surface area contributed by atoms with Gasteiger partial charge in [0.05, 0.1) is 6.33 Å². The summed E-state index contributed by atoms with van der Waals surface area (Å²) < 4.78 is 14.6. The molecule has 0 saturated carbocycles. The zero-order valence-electron chi connectivity index (χ0n) is 11.3. The van der Waals surface area contributed by atoms with Crippen molar-refractivity contribution in [3.05, 3.63) is 53.9 Å². The molecule has 1 amide bonds. The van der Waals surface area contributed by atoms with E-state index in [1.54, 1.807) is 41.2 Å². The molecule has 0 unspecified atom stereocenters. The Morgan fingerprint density at radius 1 is 1.40 bits per heavy atom. The van der Waals surface area contributed by atoms with Gasteiger partial charge < -0.3 is 15.2 Å². The van der Waals surface area contributed by atoms with Crippen LogP contribution in [0.25, 0.3) is 0 Å². The van der Waals surface area contributed by atoms with Gasteiger partial charge in [0, 0.05) is 32.9 Å². The normalized spacial score (nSPS) is 10.6. The quantitative estimate of drug-likeness (QED) is 0.894. The highest BCUT2D eigenvalue weighted by Crippen LogP contribution is 2.08. The third-order valence-corrected chi connectivity index (χ3v) is 2.92. The molecule has 2 N–H and O–H groups in total. The van der Waals surface area contributed by atoms with Crippen LogP contribution in [-0.4, -0.2) is 34.0 Å². The zero-order valence-corrected chi connectivity index (χ0v) is 11.3. The second-order valence-electron chi connectivity index (χ2n) is 4.57. The number of amides is 1. The average molecular weight is 276 g/mol. The number of carbonyl (C=O) groups excluding carboxylic acids is 1. The van der Waals surface area contributed by atoms with Crippen molar-refractivity contribution in [3.63, 3.8) is 0 Å². The summed E-state index contributed by atoms with van der Waals surface area (Å²) in [4.78, 5) is 17.8. The molecule has 2 rings (SSSR count). The van der Waals surface area contributed by atoms with E-state index < -0.39 is 0 Å². The van der Waals surface area contributed by atoms with Crippen molar-refractivity contribution < 1.29 is 9.18 Å². The molecule has 0 aliphatic rings. The molecule has 0 aliphatic carbocycles. The third kappa shape index (κ3) is 3.42. The Kier molecular flexibility index (Phi) is 4.47. The van der Waals surface area contributed by atoms with Gasteiger partial charge in [0.1, 0.15) is 11.5 Å². The van der Waals surface area contributed by atoms with Crippen LogP contribution in [0.5, 0.6) is 0 Å². The lowest BCUT2D eigenvalue weighted by Gasteiger charge is -2.15. The van der Waals surface area contributed by atoms with Crippen molar-refractivity contribution in [3.8, 4) is 0 Å². The van der Waals surface area contributed by atoms with Crippen LogP contribution in [-0.2, 0) is 13.1 Å². The number of hydrogen-bond acceptors (Lipinski definition) is 3. The second-order valence-corrected chi connectivity index (χ2v) is 4.57. The minimum Gasteiger partial charge on any atom is -0.336 e. The van der Waals surface area contributed by atoms with Crippen molar-refractivity contribution in [2.24, 2.45) is 5.73 Å². The summed E-state index contributed by atoms with van der Waals surface area (Å²) in [5.74, 6) is -0.464. The minimum atomic E-state index is -0.289. The zero-order chi connectivity index (χ0) is 14.5. The van der Waals surface area contributed by atoms with Gasteiger partial charge in [-0.2, -0.15) is 0 Å². The second kappa shape index (κ2) is 6.29. The molecule has 1 heterocycles. The molecule has 0 radical (unpaired) electrons. The first kappa shape index (κ1) is 14.2. The fraction of sp³-hybridized carbons (Fsp3) is 0.286. The molecule has 0 bridgehead atoms. The molecule has 1 aromatic heterocycles. The van der Waals surface area contributed by atoms with Gasteiger partial charge in [0.25, 0.3) is 5.91 Å². The first-order valence-corrected chi connectivity index (χ1v) is 6.32. The number of nitrogens with two attached hydrogens (primary N) is 1. The molecule has 6 heteroatoms. The summed E-state index contributed by atoms with van der Waals surface area (Å²) in [6.07, 6.45) is 3.27. The Balaban J connectivity index is 2.02. The fourth-order valence-electron chi connectivity index (χ4n) is 1.87. The molecule has 0 aliphatic heterocycles. The Hall–Kier alpha value is -2.21. The number of benzene rings is 1. The third-order valence-electron chi connectivity index (χ3n) is 2.92. The highest BCUT2D eigenvalue weighted by Gasteiger charge is 2.14. The molecule has 5 nitrogen and oxygen atoms in total. The van der Waals surface area contributed by atoms with Gasteiger partial charge in [0.2, 0.25) is 0 Å². The van der Waals surface area contributed by atoms with Gasteiger partial charge in [-0.05, 0) is 17.7 Å². The molecule has 0 saturated heterocycles. The van der Waals surface area contributed by atoms with E-state index in [2.05, 4.69) is 4.98 Å². The molecular formula is C14H17FN4O. The predicted octanol–water partition coefficient (Wildman–Crippen LogP) is 1.25. The van der Waals surface area contributed by atoms with Crippen molar-refractivity contribution in [1.29, 1.82) is 0 Å². The Labute approximate surface area is 116 Å². The predicted molar refractivity (Wildman–Crippen MR) is 73.5 cm³/mol. The Morgan fingerprint density at radius 2 is 2.10 bits per heavy atom. The lowest BCUT2D eigenvalue weighted by atomic mass is 10.2. The molecule has 106 valence electrons. The van der Waals surface area contributed by atoms with Crippen molar-refractivity contribution in [1.82, 2.24) is 14.5 Å². The van der Waals surface area contributed by atoms with E-state index in [1.165, 1.54) is 12.1 Å². The van der Waals surface area contributed by atoms with Crippen molar-refractivity contribution in [2.45, 2.75) is 13.1 Å². The number of rotatable bonds is 5. The highest BCUT2D eigenvalue weighted by molar-refractivity contribution is 5.91. The number of aromatic nitrogens is 2. The van der Waals surface area contributed by atoms with Crippen LogP contribution in [0.1, 0.15) is 16.1 Å². The van der Waals surface area contributed by atoms with Gasteiger partial charge in [-0.3, -0.25) is 4.79 Å². The van der Waals surface area contributed by atoms with E-state index >= 15 is 0 Å². The maximum Gasteiger partial charge on any atom is 0.274 e. The molecular weight excluding hydrogens is 259 g/mol. The van der Waals surface area contributed by atoms with Crippen molar-refractivity contribution >= 4 is 5.91 Å². The average Bonchev–Trinajstić information content (AvgIpc) is 2.89. The molecule has 0 spiro atoms. The first-order valence-electron chi connectivity index (χ1n) is 6.32. The summed E-state index contributed by atoms with van der Waals surface area (Å²) in [6, 6.07) is 6.07. The van der Waals surface area contributed by atoms with Crippen LogP contribution in [0.2, 0.25) is 0 Å². The number of imidazole rings is 1. The monoisotopic (exact) mass is 276 g/mol. The van der Waals surface area contributed by atoms with E-state index in [-0.39, 0.29) is 11.7 Å². The lowest BCUT2D eigenvalue weighted by molar-refractivity contribution is 0.0779. The fourth-order valence-corrected chi connectivity index (χ4v) is 1.87. The van der Waals surface area contributed by atoms with Crippen LogP contribution in [0, 0.1) is 5.82 Å². The minimum absolute atomic E-state index is 0.176. The van der Waals surface area contributed by atoms with Crippen LogP contribution >= 0.6 is 0 Å². The van der Waals surface area contributed by atoms with Crippen LogP contribution in [0.4, 0.5) is 4.39 Å². The van der Waals surface area contributed by atoms with E-state index in [1.807, 2.05) is 0 Å². The molecule has 20 heavy (non-hydrogen) atoms. The molecule has 0 fully saturated rings. The van der Waals surface area contributed by atoms with Crippen LogP contribution in [0.3, 0.4) is 0 Å². The summed E-state index contributed by atoms with van der Waals surface area (Å²) in [5.41, 5.74) is 6.69. The maximum atomic E-state index is 12.8. The number of hydrogen-bond donors (Lipinski definition) is 1. The van der Waals surface area contributed by atoms with E-state index in [0.29, 0.717) is 25.3 Å². The van der Waals surface area contributed by atoms with Gasteiger partial charge >= 0.3 is 0 Å². The lowest BCUT2D eigenvalue weighted by Crippen LogP contribution is -2.26. The van der Waals surface area contributed by atoms with E-state index in [4.69, 9.17) is 5.73 Å². The summed E-state index contributed by atoms with van der Waals surface area (Å²) in [6.45, 7) is 1.53. The highest BCUT2D eigenvalue weighted by atomic mass is 19.1. The van der Waals surface area contributed by atoms with Gasteiger partial charge in [0.15, 0.2) is 0 Å². The van der Waals surface area contributed by atoms with Crippen LogP contribution < -0.4 is 5.73 Å². The van der Waals surface area contributed by atoms with Gasteiger partial charge in [-0.15, -0.1) is 0 Å². The summed E-state index contributed by atoms with van der Waals surface area (Å²) in [5, 5.41) is 0. The number of carbonyl (C=O) groups is 1. The van der Waals surface area contributed by atoms with Gasteiger partial charge in [-0.25, -0.2) is 9.37 Å². The molecule has 2 aromatic rings. The molecule has 0 atom stereocenters. The standard InChI is InChI=1S/C14H17FN4O/c1-18(8-11-2-4-12(15)5-3-11)14(20)13-9-19(7-6-16)10-17-13/h2-5,9-10H,6-8,16H2,1H3. The van der Waals surface area contributed by atoms with E-state index in [0.717, 1.165) is 5.56 Å². The Morgan fingerprint density at radius 3 is 2.75 bits per heavy atom. The SMILES string of the molecule is CN(Cc1ccc(F)cc1)C(=O)c1cn(CCN)cn1. The summed E-state index contributed by atoms with van der Waals surface area (Å²) >= 11 is 0. The number of halogens is 1. The number of nitrogens with zero attached hydrogens (tertiary/aromatic N) is 3. The maximum absolute atomic E-state index is 12.8.